The summed E-state index contributed by atoms with van der Waals surface area (Å²) >= 11 is 5.85. The minimum atomic E-state index is -3.62. The Morgan fingerprint density at radius 3 is 2.58 bits per heavy atom. The molecule has 5 nitrogen and oxygen atoms in total. The lowest BCUT2D eigenvalue weighted by Gasteiger charge is -2.19. The van der Waals surface area contributed by atoms with Crippen molar-refractivity contribution in [3.05, 3.63) is 22.7 Å². The fraction of sp³-hybridized carbons (Fsp3) is 0.500. The molecule has 0 fully saturated rings. The number of anilines is 1. The number of benzene rings is 1. The van der Waals surface area contributed by atoms with Crippen molar-refractivity contribution in [1.82, 2.24) is 4.31 Å². The van der Waals surface area contributed by atoms with Crippen LogP contribution in [0.15, 0.2) is 17.0 Å². The predicted octanol–water partition coefficient (Wildman–Crippen LogP) is 1.62. The molecule has 0 heterocycles. The van der Waals surface area contributed by atoms with Gasteiger partial charge in [0.1, 0.15) is 0 Å². The molecule has 1 aromatic carbocycles. The SMILES string of the molecule is Cc1cc(Cl)c(N)cc1S(=O)(=O)N(C)CCC(C)O. The summed E-state index contributed by atoms with van der Waals surface area (Å²) in [5.41, 5.74) is 6.43. The number of aliphatic hydroxyl groups excluding tert-OH is 1. The van der Waals surface area contributed by atoms with E-state index in [9.17, 15) is 13.5 Å². The Morgan fingerprint density at radius 2 is 2.05 bits per heavy atom. The summed E-state index contributed by atoms with van der Waals surface area (Å²) in [6.07, 6.45) is -0.174. The number of hydrogen-bond acceptors (Lipinski definition) is 4. The molecule has 19 heavy (non-hydrogen) atoms. The lowest BCUT2D eigenvalue weighted by Crippen LogP contribution is -2.30. The number of sulfonamides is 1. The van der Waals surface area contributed by atoms with E-state index in [2.05, 4.69) is 0 Å². The smallest absolute Gasteiger partial charge is 0.243 e. The van der Waals surface area contributed by atoms with Gasteiger partial charge >= 0.3 is 0 Å². The van der Waals surface area contributed by atoms with Gasteiger partial charge in [0.25, 0.3) is 0 Å². The minimum Gasteiger partial charge on any atom is -0.397 e. The first kappa shape index (κ1) is 16.2. The average molecular weight is 307 g/mol. The number of rotatable bonds is 5. The van der Waals surface area contributed by atoms with Gasteiger partial charge in [-0.15, -0.1) is 0 Å². The molecule has 1 rings (SSSR count). The number of nitrogen functional groups attached to an aromatic ring is 1. The fourth-order valence-electron chi connectivity index (χ4n) is 1.60. The third kappa shape index (κ3) is 3.82. The van der Waals surface area contributed by atoms with Crippen LogP contribution in [-0.2, 0) is 10.0 Å². The zero-order valence-corrected chi connectivity index (χ0v) is 12.8. The van der Waals surface area contributed by atoms with Gasteiger partial charge in [0, 0.05) is 13.6 Å². The van der Waals surface area contributed by atoms with Crippen molar-refractivity contribution in [2.24, 2.45) is 0 Å². The molecule has 0 aliphatic rings. The molecule has 0 saturated carbocycles. The van der Waals surface area contributed by atoms with E-state index in [0.29, 0.717) is 17.0 Å². The third-order valence-corrected chi connectivity index (χ3v) is 5.17. The molecule has 0 spiro atoms. The zero-order valence-electron chi connectivity index (χ0n) is 11.2. The molecule has 0 radical (unpaired) electrons. The first-order valence-electron chi connectivity index (χ1n) is 5.86. The molecule has 108 valence electrons. The maximum atomic E-state index is 12.4. The van der Waals surface area contributed by atoms with Crippen molar-refractivity contribution < 1.29 is 13.5 Å². The van der Waals surface area contributed by atoms with Gasteiger partial charge in [-0.3, -0.25) is 0 Å². The Balaban J connectivity index is 3.10. The molecule has 1 aromatic rings. The summed E-state index contributed by atoms with van der Waals surface area (Å²) in [4.78, 5) is 0.141. The maximum absolute atomic E-state index is 12.4. The van der Waals surface area contributed by atoms with Crippen molar-refractivity contribution in [2.45, 2.75) is 31.3 Å². The Hall–Kier alpha value is -0.820. The van der Waals surface area contributed by atoms with Crippen molar-refractivity contribution >= 4 is 27.3 Å². The molecule has 0 aromatic heterocycles. The van der Waals surface area contributed by atoms with Crippen LogP contribution in [0.2, 0.25) is 5.02 Å². The van der Waals surface area contributed by atoms with Gasteiger partial charge in [-0.1, -0.05) is 11.6 Å². The lowest BCUT2D eigenvalue weighted by molar-refractivity contribution is 0.177. The van der Waals surface area contributed by atoms with Crippen LogP contribution in [0.25, 0.3) is 0 Å². The highest BCUT2D eigenvalue weighted by Gasteiger charge is 2.23. The van der Waals surface area contributed by atoms with Crippen molar-refractivity contribution in [3.63, 3.8) is 0 Å². The Kier molecular flexibility index (Phi) is 5.20. The lowest BCUT2D eigenvalue weighted by atomic mass is 10.2. The Morgan fingerprint density at radius 1 is 1.47 bits per heavy atom. The van der Waals surface area contributed by atoms with Gasteiger partial charge in [0.2, 0.25) is 10.0 Å². The molecule has 1 atom stereocenters. The molecule has 0 aliphatic carbocycles. The summed E-state index contributed by atoms with van der Waals surface area (Å²) in [6.45, 7) is 3.52. The second kappa shape index (κ2) is 6.09. The molecule has 0 bridgehead atoms. The number of aryl methyl sites for hydroxylation is 1. The summed E-state index contributed by atoms with van der Waals surface area (Å²) in [5, 5.41) is 9.55. The number of nitrogens with zero attached hydrogens (tertiary/aromatic N) is 1. The van der Waals surface area contributed by atoms with E-state index in [1.165, 1.54) is 23.5 Å². The first-order valence-corrected chi connectivity index (χ1v) is 7.68. The van der Waals surface area contributed by atoms with Gasteiger partial charge in [-0.05, 0) is 38.0 Å². The van der Waals surface area contributed by atoms with E-state index in [4.69, 9.17) is 17.3 Å². The molecule has 3 N–H and O–H groups in total. The van der Waals surface area contributed by atoms with E-state index in [-0.39, 0.29) is 17.1 Å². The molecular formula is C12H19ClN2O3S. The summed E-state index contributed by atoms with van der Waals surface area (Å²) < 4.78 is 26.0. The Labute approximate surface area is 119 Å². The van der Waals surface area contributed by atoms with Crippen LogP contribution in [0.4, 0.5) is 5.69 Å². The van der Waals surface area contributed by atoms with Gasteiger partial charge in [-0.25, -0.2) is 12.7 Å². The van der Waals surface area contributed by atoms with Gasteiger partial charge in [-0.2, -0.15) is 0 Å². The standard InChI is InChI=1S/C12H19ClN2O3S/c1-8-6-10(13)11(14)7-12(8)19(17,18)15(3)5-4-9(2)16/h6-7,9,16H,4-5,14H2,1-3H3. The normalized spacial score (nSPS) is 13.8. The van der Waals surface area contributed by atoms with Crippen molar-refractivity contribution in [2.75, 3.05) is 19.3 Å². The molecular weight excluding hydrogens is 288 g/mol. The number of hydrogen-bond donors (Lipinski definition) is 2. The van der Waals surface area contributed by atoms with Crippen LogP contribution >= 0.6 is 11.6 Å². The molecule has 1 unspecified atom stereocenters. The van der Waals surface area contributed by atoms with Gasteiger partial charge < -0.3 is 10.8 Å². The quantitative estimate of drug-likeness (QED) is 0.810. The van der Waals surface area contributed by atoms with E-state index in [1.807, 2.05) is 0 Å². The van der Waals surface area contributed by atoms with Crippen LogP contribution < -0.4 is 5.73 Å². The summed E-state index contributed by atoms with van der Waals surface area (Å²) in [6, 6.07) is 2.90. The second-order valence-corrected chi connectivity index (χ2v) is 7.02. The average Bonchev–Trinajstić information content (AvgIpc) is 2.30. The van der Waals surface area contributed by atoms with Crippen molar-refractivity contribution in [3.8, 4) is 0 Å². The highest BCUT2D eigenvalue weighted by atomic mass is 35.5. The fourth-order valence-corrected chi connectivity index (χ4v) is 3.24. The summed E-state index contributed by atoms with van der Waals surface area (Å²) in [7, 11) is -2.15. The highest BCUT2D eigenvalue weighted by Crippen LogP contribution is 2.27. The van der Waals surface area contributed by atoms with Crippen LogP contribution in [0.1, 0.15) is 18.9 Å². The topological polar surface area (TPSA) is 83.6 Å². The van der Waals surface area contributed by atoms with E-state index in [1.54, 1.807) is 13.8 Å². The van der Waals surface area contributed by atoms with Crippen LogP contribution in [-0.4, -0.2) is 37.5 Å². The zero-order chi connectivity index (χ0) is 14.8. The predicted molar refractivity (Wildman–Crippen MR) is 76.7 cm³/mol. The van der Waals surface area contributed by atoms with Crippen LogP contribution in [0, 0.1) is 6.92 Å². The van der Waals surface area contributed by atoms with Crippen LogP contribution in [0.3, 0.4) is 0 Å². The molecule has 7 heteroatoms. The third-order valence-electron chi connectivity index (χ3n) is 2.84. The van der Waals surface area contributed by atoms with E-state index >= 15 is 0 Å². The number of halogens is 1. The van der Waals surface area contributed by atoms with Crippen LogP contribution in [0.5, 0.6) is 0 Å². The van der Waals surface area contributed by atoms with Gasteiger partial charge in [0.05, 0.1) is 21.7 Å². The first-order chi connectivity index (χ1) is 8.66. The monoisotopic (exact) mass is 306 g/mol. The second-order valence-electron chi connectivity index (χ2n) is 4.60. The van der Waals surface area contributed by atoms with E-state index in [0.717, 1.165) is 0 Å². The molecule has 0 aliphatic heterocycles. The summed E-state index contributed by atoms with van der Waals surface area (Å²) in [5.74, 6) is 0. The number of nitrogens with two attached hydrogens (primary N) is 1. The molecule has 0 amide bonds. The largest absolute Gasteiger partial charge is 0.397 e. The highest BCUT2D eigenvalue weighted by molar-refractivity contribution is 7.89. The minimum absolute atomic E-state index is 0.141. The van der Waals surface area contributed by atoms with Crippen molar-refractivity contribution in [1.29, 1.82) is 0 Å². The molecule has 0 saturated heterocycles. The maximum Gasteiger partial charge on any atom is 0.243 e. The van der Waals surface area contributed by atoms with Gasteiger partial charge in [0.15, 0.2) is 0 Å². The van der Waals surface area contributed by atoms with E-state index < -0.39 is 16.1 Å². The number of aliphatic hydroxyl groups is 1. The Bertz CT molecular complexity index is 558.